The Morgan fingerprint density at radius 1 is 1.19 bits per heavy atom. The van der Waals surface area contributed by atoms with Gasteiger partial charge in [0, 0.05) is 17.2 Å². The van der Waals surface area contributed by atoms with Gasteiger partial charge in [0.05, 0.1) is 12.2 Å². The number of aliphatic hydroxyl groups is 2. The van der Waals surface area contributed by atoms with Gasteiger partial charge >= 0.3 is 0 Å². The second-order valence-corrected chi connectivity index (χ2v) is 6.11. The highest BCUT2D eigenvalue weighted by Gasteiger charge is 2.53. The zero-order valence-corrected chi connectivity index (χ0v) is 11.8. The first-order chi connectivity index (χ1) is 9.97. The Morgan fingerprint density at radius 2 is 1.95 bits per heavy atom. The van der Waals surface area contributed by atoms with E-state index in [-0.39, 0.29) is 29.4 Å². The van der Waals surface area contributed by atoms with Gasteiger partial charge in [-0.2, -0.15) is 0 Å². The van der Waals surface area contributed by atoms with Crippen LogP contribution in [-0.4, -0.2) is 34.1 Å². The molecule has 3 N–H and O–H groups in total. The van der Waals surface area contributed by atoms with Gasteiger partial charge in [0.25, 0.3) is 0 Å². The molecule has 0 aromatic heterocycles. The summed E-state index contributed by atoms with van der Waals surface area (Å²) < 4.78 is 0. The molecule has 0 saturated heterocycles. The lowest BCUT2D eigenvalue weighted by atomic mass is 9.84. The summed E-state index contributed by atoms with van der Waals surface area (Å²) in [5.74, 6) is -0.613. The second kappa shape index (κ2) is 5.24. The van der Waals surface area contributed by atoms with Gasteiger partial charge in [-0.1, -0.05) is 12.1 Å². The molecule has 5 nitrogen and oxygen atoms in total. The summed E-state index contributed by atoms with van der Waals surface area (Å²) in [6.07, 6.45) is -0.183. The Hall–Kier alpha value is -1.72. The molecule has 112 valence electrons. The molecule has 5 heteroatoms. The van der Waals surface area contributed by atoms with Crippen LogP contribution in [0.1, 0.15) is 30.1 Å². The van der Waals surface area contributed by atoms with E-state index in [2.05, 4.69) is 5.32 Å². The normalized spacial score (nSPS) is 34.0. The molecule has 2 aliphatic carbocycles. The largest absolute Gasteiger partial charge is 0.390 e. The number of hydrogen-bond donors (Lipinski definition) is 3. The van der Waals surface area contributed by atoms with E-state index in [0.29, 0.717) is 24.1 Å². The zero-order valence-electron chi connectivity index (χ0n) is 11.8. The van der Waals surface area contributed by atoms with Crippen LogP contribution in [0, 0.1) is 17.8 Å². The summed E-state index contributed by atoms with van der Waals surface area (Å²) >= 11 is 0. The van der Waals surface area contributed by atoms with Crippen molar-refractivity contribution in [1.29, 1.82) is 0 Å². The van der Waals surface area contributed by atoms with Gasteiger partial charge in [-0.25, -0.2) is 0 Å². The number of ketones is 1. The van der Waals surface area contributed by atoms with Crippen molar-refractivity contribution in [3.63, 3.8) is 0 Å². The number of amides is 1. The van der Waals surface area contributed by atoms with Gasteiger partial charge in [0.15, 0.2) is 5.78 Å². The molecular weight excluding hydrogens is 270 g/mol. The van der Waals surface area contributed by atoms with Gasteiger partial charge in [-0.05, 0) is 43.7 Å². The lowest BCUT2D eigenvalue weighted by Gasteiger charge is -2.28. The SMILES string of the molecule is CC(=O)c1cccc(NC(=O)C2CC3CC2C(O)C3O)c1. The minimum absolute atomic E-state index is 0.0179. The van der Waals surface area contributed by atoms with Gasteiger partial charge in [0.1, 0.15) is 0 Å². The van der Waals surface area contributed by atoms with E-state index in [1.807, 2.05) is 0 Å². The van der Waals surface area contributed by atoms with Crippen molar-refractivity contribution in [2.75, 3.05) is 5.32 Å². The van der Waals surface area contributed by atoms with Crippen LogP contribution in [0.15, 0.2) is 24.3 Å². The maximum absolute atomic E-state index is 12.3. The lowest BCUT2D eigenvalue weighted by Crippen LogP contribution is -2.41. The number of carbonyl (C=O) groups excluding carboxylic acids is 2. The van der Waals surface area contributed by atoms with Gasteiger partial charge < -0.3 is 15.5 Å². The van der Waals surface area contributed by atoms with Gasteiger partial charge in [0.2, 0.25) is 5.91 Å². The Labute approximate surface area is 123 Å². The maximum atomic E-state index is 12.3. The van der Waals surface area contributed by atoms with E-state index >= 15 is 0 Å². The average molecular weight is 289 g/mol. The quantitative estimate of drug-likeness (QED) is 0.730. The minimum atomic E-state index is -0.803. The van der Waals surface area contributed by atoms with Crippen molar-refractivity contribution in [2.24, 2.45) is 17.8 Å². The van der Waals surface area contributed by atoms with Crippen molar-refractivity contribution >= 4 is 17.4 Å². The molecule has 5 unspecified atom stereocenters. The highest BCUT2D eigenvalue weighted by Crippen LogP contribution is 2.48. The summed E-state index contributed by atoms with van der Waals surface area (Å²) in [6, 6.07) is 6.82. The number of aliphatic hydroxyl groups excluding tert-OH is 2. The number of carbonyl (C=O) groups is 2. The third kappa shape index (κ3) is 2.47. The van der Waals surface area contributed by atoms with E-state index in [4.69, 9.17) is 0 Å². The molecule has 2 aliphatic rings. The molecule has 1 amide bonds. The summed E-state index contributed by atoms with van der Waals surface area (Å²) in [5, 5.41) is 22.5. The second-order valence-electron chi connectivity index (χ2n) is 6.11. The van der Waals surface area contributed by atoms with Crippen molar-refractivity contribution in [3.05, 3.63) is 29.8 Å². The fourth-order valence-electron chi connectivity index (χ4n) is 3.65. The van der Waals surface area contributed by atoms with Crippen molar-refractivity contribution in [1.82, 2.24) is 0 Å². The summed E-state index contributed by atoms with van der Waals surface area (Å²) in [5.41, 5.74) is 1.14. The number of benzene rings is 1. The molecule has 0 spiro atoms. The van der Waals surface area contributed by atoms with E-state index < -0.39 is 12.2 Å². The average Bonchev–Trinajstić information content (AvgIpc) is 3.00. The maximum Gasteiger partial charge on any atom is 0.227 e. The smallest absolute Gasteiger partial charge is 0.227 e. The lowest BCUT2D eigenvalue weighted by molar-refractivity contribution is -0.125. The van der Waals surface area contributed by atoms with E-state index in [9.17, 15) is 19.8 Å². The van der Waals surface area contributed by atoms with Gasteiger partial charge in [-0.15, -0.1) is 0 Å². The van der Waals surface area contributed by atoms with Crippen LogP contribution in [0.4, 0.5) is 5.69 Å². The van der Waals surface area contributed by atoms with Gasteiger partial charge in [-0.3, -0.25) is 9.59 Å². The van der Waals surface area contributed by atoms with Crippen molar-refractivity contribution in [3.8, 4) is 0 Å². The molecule has 5 atom stereocenters. The van der Waals surface area contributed by atoms with Crippen LogP contribution in [0.5, 0.6) is 0 Å². The van der Waals surface area contributed by atoms with Crippen LogP contribution in [0.3, 0.4) is 0 Å². The number of nitrogens with one attached hydrogen (secondary N) is 1. The summed E-state index contributed by atoms with van der Waals surface area (Å²) in [4.78, 5) is 23.7. The van der Waals surface area contributed by atoms with Crippen LogP contribution in [0.25, 0.3) is 0 Å². The van der Waals surface area contributed by atoms with Crippen LogP contribution >= 0.6 is 0 Å². The third-order valence-electron chi connectivity index (χ3n) is 4.79. The molecule has 1 aromatic carbocycles. The minimum Gasteiger partial charge on any atom is -0.390 e. The Balaban J connectivity index is 1.70. The summed E-state index contributed by atoms with van der Waals surface area (Å²) in [6.45, 7) is 1.48. The van der Waals surface area contributed by atoms with Crippen LogP contribution < -0.4 is 5.32 Å². The molecule has 0 aliphatic heterocycles. The predicted octanol–water partition coefficient (Wildman–Crippen LogP) is 1.21. The standard InChI is InChI=1S/C16H19NO4/c1-8(18)9-3-2-4-11(5-9)17-16(21)13-7-10-6-12(13)15(20)14(10)19/h2-5,10,12-15,19-20H,6-7H2,1H3,(H,17,21). The molecule has 2 fully saturated rings. The molecule has 3 rings (SSSR count). The number of Topliss-reactive ketones (excluding diaryl/α,β-unsaturated/α-hetero) is 1. The number of hydrogen-bond acceptors (Lipinski definition) is 4. The predicted molar refractivity (Wildman–Crippen MR) is 76.8 cm³/mol. The van der Waals surface area contributed by atoms with Crippen LogP contribution in [-0.2, 0) is 4.79 Å². The number of fused-ring (bicyclic) bond motifs is 2. The van der Waals surface area contributed by atoms with Crippen LogP contribution in [0.2, 0.25) is 0 Å². The fraction of sp³-hybridized carbons (Fsp3) is 0.500. The third-order valence-corrected chi connectivity index (χ3v) is 4.79. The number of rotatable bonds is 3. The Bertz CT molecular complexity index is 583. The number of anilines is 1. The molecule has 2 saturated carbocycles. The Kier molecular flexibility index (Phi) is 3.55. The molecular formula is C16H19NO4. The molecule has 21 heavy (non-hydrogen) atoms. The highest BCUT2D eigenvalue weighted by molar-refractivity contribution is 5.97. The topological polar surface area (TPSA) is 86.6 Å². The molecule has 0 radical (unpaired) electrons. The molecule has 1 aromatic rings. The first kappa shape index (κ1) is 14.2. The Morgan fingerprint density at radius 3 is 2.57 bits per heavy atom. The zero-order chi connectivity index (χ0) is 15.1. The first-order valence-corrected chi connectivity index (χ1v) is 7.25. The van der Waals surface area contributed by atoms with E-state index in [1.165, 1.54) is 6.92 Å². The molecule has 2 bridgehead atoms. The molecule has 0 heterocycles. The highest BCUT2D eigenvalue weighted by atomic mass is 16.3. The van der Waals surface area contributed by atoms with E-state index in [0.717, 1.165) is 0 Å². The van der Waals surface area contributed by atoms with E-state index in [1.54, 1.807) is 24.3 Å². The fourth-order valence-corrected chi connectivity index (χ4v) is 3.65. The monoisotopic (exact) mass is 289 g/mol. The van der Waals surface area contributed by atoms with Crippen molar-refractivity contribution < 1.29 is 19.8 Å². The first-order valence-electron chi connectivity index (χ1n) is 7.25. The van der Waals surface area contributed by atoms with Crippen molar-refractivity contribution in [2.45, 2.75) is 32.0 Å². The summed E-state index contributed by atoms with van der Waals surface area (Å²) in [7, 11) is 0.